The zero-order valence-electron chi connectivity index (χ0n) is 12.2. The Balaban J connectivity index is 2.62. The van der Waals surface area contributed by atoms with E-state index >= 15 is 0 Å². The van der Waals surface area contributed by atoms with Gasteiger partial charge in [-0.25, -0.2) is 0 Å². The maximum atomic E-state index is 9.31. The lowest BCUT2D eigenvalue weighted by molar-refractivity contribution is 0.178. The first kappa shape index (κ1) is 15.3. The van der Waals surface area contributed by atoms with E-state index in [1.54, 1.807) is 0 Å². The molecule has 0 amide bonds. The second-order valence-electron chi connectivity index (χ2n) is 5.50. The van der Waals surface area contributed by atoms with Crippen molar-refractivity contribution in [2.24, 2.45) is 5.92 Å². The second-order valence-corrected chi connectivity index (χ2v) is 5.50. The Morgan fingerprint density at radius 3 is 2.61 bits per heavy atom. The Hall–Kier alpha value is -0.800. The van der Waals surface area contributed by atoms with Crippen LogP contribution in [0.3, 0.4) is 0 Å². The highest BCUT2D eigenvalue weighted by atomic mass is 16.3. The van der Waals surface area contributed by atoms with Crippen molar-refractivity contribution < 1.29 is 5.11 Å². The smallest absolute Gasteiger partial charge is 0.0529 e. The third-order valence-electron chi connectivity index (χ3n) is 3.22. The summed E-state index contributed by atoms with van der Waals surface area (Å²) in [7, 11) is 0. The van der Waals surface area contributed by atoms with Crippen molar-refractivity contribution in [3.8, 4) is 0 Å². The molecular formula is C15H28N2O. The Bertz CT molecular complexity index is 331. The minimum absolute atomic E-state index is 0.227. The zero-order valence-corrected chi connectivity index (χ0v) is 12.2. The number of aliphatic hydroxyl groups is 1. The minimum atomic E-state index is -0.227. The zero-order chi connectivity index (χ0) is 13.5. The van der Waals surface area contributed by atoms with Gasteiger partial charge in [0, 0.05) is 25.0 Å². The molecule has 0 aliphatic rings. The molecule has 0 saturated heterocycles. The topological polar surface area (TPSA) is 37.2 Å². The fraction of sp³-hybridized carbons (Fsp3) is 0.733. The maximum absolute atomic E-state index is 9.31. The monoisotopic (exact) mass is 252 g/mol. The fourth-order valence-electron chi connectivity index (χ4n) is 2.16. The standard InChI is InChI=1S/C15H28N2O/c1-5-8-16-15(12(2)3)14-7-10-17(11-14)9-6-13(4)18/h7,10-13,15-16,18H,5-6,8-9H2,1-4H3. The van der Waals surface area contributed by atoms with Crippen LogP contribution in [0.4, 0.5) is 0 Å². The number of hydrogen-bond acceptors (Lipinski definition) is 2. The summed E-state index contributed by atoms with van der Waals surface area (Å²) in [5.41, 5.74) is 1.35. The SMILES string of the molecule is CCCNC(c1ccn(CCC(C)O)c1)C(C)C. The minimum Gasteiger partial charge on any atom is -0.393 e. The summed E-state index contributed by atoms with van der Waals surface area (Å²) in [6.07, 6.45) is 6.06. The number of nitrogens with zero attached hydrogens (tertiary/aromatic N) is 1. The van der Waals surface area contributed by atoms with Crippen LogP contribution in [-0.2, 0) is 6.54 Å². The molecule has 1 rings (SSSR count). The molecule has 0 aliphatic carbocycles. The largest absolute Gasteiger partial charge is 0.393 e. The summed E-state index contributed by atoms with van der Waals surface area (Å²) in [4.78, 5) is 0. The Morgan fingerprint density at radius 2 is 2.06 bits per heavy atom. The van der Waals surface area contributed by atoms with Crippen LogP contribution in [0.15, 0.2) is 18.5 Å². The summed E-state index contributed by atoms with van der Waals surface area (Å²) in [5.74, 6) is 0.587. The number of rotatable bonds is 8. The summed E-state index contributed by atoms with van der Waals surface area (Å²) in [6, 6.07) is 2.62. The summed E-state index contributed by atoms with van der Waals surface area (Å²) in [5, 5.41) is 12.9. The molecule has 1 aromatic rings. The Kier molecular flexibility index (Phi) is 6.44. The third-order valence-corrected chi connectivity index (χ3v) is 3.22. The van der Waals surface area contributed by atoms with Crippen molar-refractivity contribution in [2.75, 3.05) is 6.54 Å². The van der Waals surface area contributed by atoms with Crippen LogP contribution >= 0.6 is 0 Å². The van der Waals surface area contributed by atoms with E-state index in [0.717, 1.165) is 25.9 Å². The predicted octanol–water partition coefficient (Wildman–Crippen LogP) is 2.96. The second kappa shape index (κ2) is 7.59. The van der Waals surface area contributed by atoms with E-state index in [1.807, 2.05) is 6.92 Å². The van der Waals surface area contributed by atoms with Crippen molar-refractivity contribution in [1.82, 2.24) is 9.88 Å². The molecule has 2 unspecified atom stereocenters. The first-order valence-corrected chi connectivity index (χ1v) is 7.11. The lowest BCUT2D eigenvalue weighted by atomic mass is 9.98. The van der Waals surface area contributed by atoms with E-state index in [4.69, 9.17) is 0 Å². The van der Waals surface area contributed by atoms with Crippen molar-refractivity contribution >= 4 is 0 Å². The summed E-state index contributed by atoms with van der Waals surface area (Å²) < 4.78 is 2.17. The number of nitrogens with one attached hydrogen (secondary N) is 1. The van der Waals surface area contributed by atoms with Crippen LogP contribution in [0, 0.1) is 5.92 Å². The molecule has 0 aromatic carbocycles. The lowest BCUT2D eigenvalue weighted by Crippen LogP contribution is -2.26. The van der Waals surface area contributed by atoms with Crippen LogP contribution in [-0.4, -0.2) is 22.3 Å². The molecule has 3 nitrogen and oxygen atoms in total. The van der Waals surface area contributed by atoms with Crippen LogP contribution in [0.1, 0.15) is 52.1 Å². The highest BCUT2D eigenvalue weighted by molar-refractivity contribution is 5.16. The Morgan fingerprint density at radius 1 is 1.33 bits per heavy atom. The number of aryl methyl sites for hydroxylation is 1. The first-order chi connectivity index (χ1) is 8.54. The molecule has 1 heterocycles. The van der Waals surface area contributed by atoms with Gasteiger partial charge in [-0.15, -0.1) is 0 Å². The molecule has 0 aliphatic heterocycles. The number of aliphatic hydroxyl groups excluding tert-OH is 1. The average Bonchev–Trinajstić information content (AvgIpc) is 2.75. The number of hydrogen-bond donors (Lipinski definition) is 2. The highest BCUT2D eigenvalue weighted by Crippen LogP contribution is 2.22. The molecule has 104 valence electrons. The van der Waals surface area contributed by atoms with Crippen molar-refractivity contribution in [2.45, 2.75) is 59.2 Å². The van der Waals surface area contributed by atoms with Gasteiger partial charge in [-0.2, -0.15) is 0 Å². The van der Waals surface area contributed by atoms with Crippen molar-refractivity contribution in [3.63, 3.8) is 0 Å². The molecule has 1 aromatic heterocycles. The quantitative estimate of drug-likeness (QED) is 0.746. The average molecular weight is 252 g/mol. The lowest BCUT2D eigenvalue weighted by Gasteiger charge is -2.21. The summed E-state index contributed by atoms with van der Waals surface area (Å²) >= 11 is 0. The van der Waals surface area contributed by atoms with Gasteiger partial charge in [0.15, 0.2) is 0 Å². The van der Waals surface area contributed by atoms with E-state index in [0.29, 0.717) is 12.0 Å². The van der Waals surface area contributed by atoms with Crippen LogP contribution in [0.5, 0.6) is 0 Å². The predicted molar refractivity (Wildman–Crippen MR) is 76.6 cm³/mol. The molecule has 0 bridgehead atoms. The van der Waals surface area contributed by atoms with Gasteiger partial charge in [-0.05, 0) is 43.9 Å². The van der Waals surface area contributed by atoms with E-state index in [-0.39, 0.29) is 6.10 Å². The van der Waals surface area contributed by atoms with Crippen LogP contribution < -0.4 is 5.32 Å². The highest BCUT2D eigenvalue weighted by Gasteiger charge is 2.15. The van der Waals surface area contributed by atoms with E-state index in [1.165, 1.54) is 5.56 Å². The van der Waals surface area contributed by atoms with E-state index < -0.39 is 0 Å². The van der Waals surface area contributed by atoms with Gasteiger partial charge >= 0.3 is 0 Å². The van der Waals surface area contributed by atoms with E-state index in [9.17, 15) is 5.11 Å². The molecule has 0 fully saturated rings. The van der Waals surface area contributed by atoms with Crippen molar-refractivity contribution in [3.05, 3.63) is 24.0 Å². The molecule has 2 N–H and O–H groups in total. The van der Waals surface area contributed by atoms with Gasteiger partial charge in [0.1, 0.15) is 0 Å². The summed E-state index contributed by atoms with van der Waals surface area (Å²) in [6.45, 7) is 10.5. The van der Waals surface area contributed by atoms with E-state index in [2.05, 4.69) is 49.1 Å². The van der Waals surface area contributed by atoms with Crippen LogP contribution in [0.25, 0.3) is 0 Å². The third kappa shape index (κ3) is 4.83. The number of aromatic nitrogens is 1. The maximum Gasteiger partial charge on any atom is 0.0529 e. The molecule has 0 radical (unpaired) electrons. The van der Waals surface area contributed by atoms with Gasteiger partial charge in [0.2, 0.25) is 0 Å². The van der Waals surface area contributed by atoms with Gasteiger partial charge in [0.05, 0.1) is 6.10 Å². The van der Waals surface area contributed by atoms with Gasteiger partial charge in [-0.3, -0.25) is 0 Å². The first-order valence-electron chi connectivity index (χ1n) is 7.11. The van der Waals surface area contributed by atoms with Gasteiger partial charge in [0.25, 0.3) is 0 Å². The molecular weight excluding hydrogens is 224 g/mol. The fourth-order valence-corrected chi connectivity index (χ4v) is 2.16. The molecule has 3 heteroatoms. The van der Waals surface area contributed by atoms with Crippen molar-refractivity contribution in [1.29, 1.82) is 0 Å². The van der Waals surface area contributed by atoms with Crippen LogP contribution in [0.2, 0.25) is 0 Å². The molecule has 2 atom stereocenters. The van der Waals surface area contributed by atoms with Gasteiger partial charge < -0.3 is 15.0 Å². The normalized spacial score (nSPS) is 15.0. The van der Waals surface area contributed by atoms with Gasteiger partial charge in [-0.1, -0.05) is 20.8 Å². The Labute approximate surface area is 111 Å². The molecule has 0 spiro atoms. The molecule has 18 heavy (non-hydrogen) atoms. The molecule has 0 saturated carbocycles.